The molecule has 0 bridgehead atoms. The summed E-state index contributed by atoms with van der Waals surface area (Å²) in [6, 6.07) is 3.05. The lowest BCUT2D eigenvalue weighted by atomic mass is 10.1. The molecule has 3 N–H and O–H groups in total. The molecule has 2 heterocycles. The standard InChI is InChI=1S/C20H24ClFN4O3/c1-12(10-27)6-19-23-8-14-4-5-26(9-17(14)24-19)20(29)25-18(11-28)13-2-3-15(21)16(22)7-13/h2-3,7-8,12,18,27-28H,4-6,9-11H2,1H3,(H,25,29)/t12-,18-/m1/s1. The van der Waals surface area contributed by atoms with Gasteiger partial charge >= 0.3 is 6.03 Å². The Balaban J connectivity index is 1.69. The summed E-state index contributed by atoms with van der Waals surface area (Å²) in [5.74, 6) is 0.0867. The summed E-state index contributed by atoms with van der Waals surface area (Å²) in [6.45, 7) is 2.40. The van der Waals surface area contributed by atoms with E-state index in [-0.39, 0.29) is 30.2 Å². The van der Waals surface area contributed by atoms with Crippen LogP contribution in [0.5, 0.6) is 0 Å². The number of aliphatic hydroxyl groups excluding tert-OH is 2. The van der Waals surface area contributed by atoms with Crippen LogP contribution in [0.25, 0.3) is 0 Å². The maximum atomic E-state index is 13.7. The Hall–Kier alpha value is -2.29. The fourth-order valence-corrected chi connectivity index (χ4v) is 3.31. The van der Waals surface area contributed by atoms with Crippen LogP contribution in [0.4, 0.5) is 9.18 Å². The molecular formula is C20H24ClFN4O3. The van der Waals surface area contributed by atoms with Gasteiger partial charge in [-0.3, -0.25) is 0 Å². The molecule has 0 saturated carbocycles. The zero-order valence-electron chi connectivity index (χ0n) is 16.1. The number of nitrogens with one attached hydrogen (secondary N) is 1. The van der Waals surface area contributed by atoms with Crippen molar-refractivity contribution in [1.29, 1.82) is 0 Å². The summed E-state index contributed by atoms with van der Waals surface area (Å²) in [7, 11) is 0. The third-order valence-electron chi connectivity index (χ3n) is 4.95. The number of amides is 2. The van der Waals surface area contributed by atoms with Crippen LogP contribution in [0.2, 0.25) is 5.02 Å². The second-order valence-electron chi connectivity index (χ2n) is 7.28. The van der Waals surface area contributed by atoms with Crippen molar-refractivity contribution in [3.05, 3.63) is 57.9 Å². The molecule has 0 fully saturated rings. The Morgan fingerprint density at radius 1 is 1.38 bits per heavy atom. The third-order valence-corrected chi connectivity index (χ3v) is 5.26. The van der Waals surface area contributed by atoms with E-state index in [0.29, 0.717) is 37.3 Å². The minimum Gasteiger partial charge on any atom is -0.396 e. The molecule has 1 aromatic carbocycles. The number of carbonyl (C=O) groups excluding carboxylic acids is 1. The number of aliphatic hydroxyl groups is 2. The predicted molar refractivity (Wildman–Crippen MR) is 106 cm³/mol. The smallest absolute Gasteiger partial charge is 0.318 e. The fourth-order valence-electron chi connectivity index (χ4n) is 3.20. The lowest BCUT2D eigenvalue weighted by molar-refractivity contribution is 0.176. The fraction of sp³-hybridized carbons (Fsp3) is 0.450. The summed E-state index contributed by atoms with van der Waals surface area (Å²) < 4.78 is 13.7. The van der Waals surface area contributed by atoms with Crippen molar-refractivity contribution in [1.82, 2.24) is 20.2 Å². The molecule has 1 aromatic heterocycles. The van der Waals surface area contributed by atoms with Gasteiger partial charge in [0.25, 0.3) is 0 Å². The van der Waals surface area contributed by atoms with Gasteiger partial charge in [0.05, 0.1) is 29.9 Å². The Bertz CT molecular complexity index is 883. The van der Waals surface area contributed by atoms with Gasteiger partial charge in [0.1, 0.15) is 11.6 Å². The van der Waals surface area contributed by atoms with Gasteiger partial charge in [0.15, 0.2) is 0 Å². The van der Waals surface area contributed by atoms with E-state index in [9.17, 15) is 19.4 Å². The average Bonchev–Trinajstić information content (AvgIpc) is 2.73. The summed E-state index contributed by atoms with van der Waals surface area (Å²) in [5, 5.41) is 21.6. The molecule has 29 heavy (non-hydrogen) atoms. The van der Waals surface area contributed by atoms with Gasteiger partial charge in [0.2, 0.25) is 0 Å². The van der Waals surface area contributed by atoms with E-state index in [1.165, 1.54) is 12.1 Å². The molecule has 2 amide bonds. The van der Waals surface area contributed by atoms with E-state index in [1.807, 2.05) is 6.92 Å². The van der Waals surface area contributed by atoms with E-state index in [4.69, 9.17) is 11.6 Å². The quantitative estimate of drug-likeness (QED) is 0.663. The van der Waals surface area contributed by atoms with Gasteiger partial charge in [-0.05, 0) is 35.6 Å². The molecule has 1 aliphatic heterocycles. The van der Waals surface area contributed by atoms with Crippen molar-refractivity contribution >= 4 is 17.6 Å². The highest BCUT2D eigenvalue weighted by Gasteiger charge is 2.25. The second-order valence-corrected chi connectivity index (χ2v) is 7.69. The molecule has 0 spiro atoms. The van der Waals surface area contributed by atoms with Crippen LogP contribution < -0.4 is 5.32 Å². The number of benzene rings is 1. The minimum absolute atomic E-state index is 0.0181. The minimum atomic E-state index is -0.748. The Kier molecular flexibility index (Phi) is 7.00. The number of hydrogen-bond acceptors (Lipinski definition) is 5. The largest absolute Gasteiger partial charge is 0.396 e. The molecule has 0 radical (unpaired) electrons. The Morgan fingerprint density at radius 2 is 2.17 bits per heavy atom. The van der Waals surface area contributed by atoms with Crippen molar-refractivity contribution in [2.75, 3.05) is 19.8 Å². The van der Waals surface area contributed by atoms with Crippen LogP contribution in [-0.4, -0.2) is 50.9 Å². The van der Waals surface area contributed by atoms with Crippen molar-refractivity contribution < 1.29 is 19.4 Å². The monoisotopic (exact) mass is 422 g/mol. The van der Waals surface area contributed by atoms with Crippen LogP contribution in [0.3, 0.4) is 0 Å². The third kappa shape index (κ3) is 5.20. The maximum Gasteiger partial charge on any atom is 0.318 e. The molecule has 2 atom stereocenters. The second kappa shape index (κ2) is 9.47. The molecule has 0 unspecified atom stereocenters. The van der Waals surface area contributed by atoms with Gasteiger partial charge in [0, 0.05) is 25.8 Å². The van der Waals surface area contributed by atoms with Crippen LogP contribution in [0.1, 0.15) is 35.6 Å². The molecular weight excluding hydrogens is 399 g/mol. The molecule has 9 heteroatoms. The molecule has 0 aliphatic carbocycles. The Labute approximate surface area is 173 Å². The van der Waals surface area contributed by atoms with E-state index < -0.39 is 11.9 Å². The van der Waals surface area contributed by atoms with Crippen molar-refractivity contribution in [3.63, 3.8) is 0 Å². The topological polar surface area (TPSA) is 98.6 Å². The first kappa shape index (κ1) is 21.4. The van der Waals surface area contributed by atoms with E-state index in [1.54, 1.807) is 17.2 Å². The zero-order valence-corrected chi connectivity index (χ0v) is 16.9. The van der Waals surface area contributed by atoms with Crippen molar-refractivity contribution in [3.8, 4) is 0 Å². The lowest BCUT2D eigenvalue weighted by Gasteiger charge is -2.30. The first-order chi connectivity index (χ1) is 13.9. The zero-order chi connectivity index (χ0) is 21.0. The Morgan fingerprint density at radius 3 is 2.86 bits per heavy atom. The predicted octanol–water partition coefficient (Wildman–Crippen LogP) is 2.24. The summed E-state index contributed by atoms with van der Waals surface area (Å²) in [5.41, 5.74) is 2.20. The molecule has 1 aliphatic rings. The first-order valence-corrected chi connectivity index (χ1v) is 9.84. The lowest BCUT2D eigenvalue weighted by Crippen LogP contribution is -2.45. The van der Waals surface area contributed by atoms with Gasteiger partial charge < -0.3 is 20.4 Å². The highest BCUT2D eigenvalue weighted by molar-refractivity contribution is 6.30. The maximum absolute atomic E-state index is 13.7. The number of fused-ring (bicyclic) bond motifs is 1. The normalized spacial score (nSPS) is 15.6. The SMILES string of the molecule is C[C@@H](CO)Cc1ncc2c(n1)CN(C(=O)N[C@H](CO)c1ccc(Cl)c(F)c1)CC2. The van der Waals surface area contributed by atoms with Crippen LogP contribution in [-0.2, 0) is 19.4 Å². The molecule has 7 nitrogen and oxygen atoms in total. The summed E-state index contributed by atoms with van der Waals surface area (Å²) in [6.07, 6.45) is 2.96. The van der Waals surface area contributed by atoms with Crippen LogP contribution >= 0.6 is 11.6 Å². The number of urea groups is 1. The number of carbonyl (C=O) groups is 1. The number of aromatic nitrogens is 2. The highest BCUT2D eigenvalue weighted by Crippen LogP contribution is 2.22. The van der Waals surface area contributed by atoms with Crippen molar-refractivity contribution in [2.45, 2.75) is 32.4 Å². The number of nitrogens with zero attached hydrogens (tertiary/aromatic N) is 3. The van der Waals surface area contributed by atoms with Crippen LogP contribution in [0, 0.1) is 11.7 Å². The summed E-state index contributed by atoms with van der Waals surface area (Å²) >= 11 is 5.70. The molecule has 3 rings (SSSR count). The molecule has 2 aromatic rings. The van der Waals surface area contributed by atoms with Gasteiger partial charge in [-0.15, -0.1) is 0 Å². The van der Waals surface area contributed by atoms with Gasteiger partial charge in [-0.1, -0.05) is 24.6 Å². The number of hydrogen-bond donors (Lipinski definition) is 3. The number of halogens is 2. The molecule has 156 valence electrons. The number of rotatable bonds is 6. The van der Waals surface area contributed by atoms with E-state index in [2.05, 4.69) is 15.3 Å². The highest BCUT2D eigenvalue weighted by atomic mass is 35.5. The summed E-state index contributed by atoms with van der Waals surface area (Å²) in [4.78, 5) is 23.2. The van der Waals surface area contributed by atoms with E-state index >= 15 is 0 Å². The van der Waals surface area contributed by atoms with E-state index in [0.717, 1.165) is 11.3 Å². The van der Waals surface area contributed by atoms with Gasteiger partial charge in [-0.25, -0.2) is 19.2 Å². The molecule has 0 saturated heterocycles. The first-order valence-electron chi connectivity index (χ1n) is 9.47. The van der Waals surface area contributed by atoms with Crippen LogP contribution in [0.15, 0.2) is 24.4 Å². The average molecular weight is 423 g/mol. The van der Waals surface area contributed by atoms with Crippen molar-refractivity contribution in [2.24, 2.45) is 5.92 Å². The van der Waals surface area contributed by atoms with Gasteiger partial charge in [-0.2, -0.15) is 0 Å².